The lowest BCUT2D eigenvalue weighted by Gasteiger charge is -2.35. The Morgan fingerprint density at radius 2 is 1.94 bits per heavy atom. The summed E-state index contributed by atoms with van der Waals surface area (Å²) in [6, 6.07) is 7.57. The maximum Gasteiger partial charge on any atom is 0.261 e. The number of anilines is 1. The van der Waals surface area contributed by atoms with Crippen molar-refractivity contribution in [2.45, 2.75) is 38.8 Å². The van der Waals surface area contributed by atoms with Crippen LogP contribution in [0.4, 0.5) is 10.2 Å². The van der Waals surface area contributed by atoms with E-state index in [2.05, 4.69) is 0 Å². The first kappa shape index (κ1) is 23.4. The maximum absolute atomic E-state index is 13.8. The fraction of sp³-hybridized carbons (Fsp3) is 0.478. The number of hydrogen-bond donors (Lipinski definition) is 0. The number of carbonyl (C=O) groups excluding carboxylic acids is 2. The quantitative estimate of drug-likeness (QED) is 0.655. The Labute approximate surface area is 188 Å². The first-order valence-electron chi connectivity index (χ1n) is 10.7. The summed E-state index contributed by atoms with van der Waals surface area (Å²) in [5.41, 5.74) is 0.706. The third-order valence-electron chi connectivity index (χ3n) is 5.49. The van der Waals surface area contributed by atoms with Crippen molar-refractivity contribution in [2.24, 2.45) is 0 Å². The highest BCUT2D eigenvalue weighted by Gasteiger charge is 2.31. The van der Waals surface area contributed by atoms with Crippen molar-refractivity contribution in [2.75, 3.05) is 39.2 Å². The van der Waals surface area contributed by atoms with Crippen molar-refractivity contribution >= 4 is 17.6 Å². The Morgan fingerprint density at radius 3 is 2.62 bits per heavy atom. The molecule has 2 aromatic rings. The molecule has 2 heterocycles. The molecule has 1 aliphatic rings. The molecule has 172 valence electrons. The van der Waals surface area contributed by atoms with E-state index < -0.39 is 5.82 Å². The molecule has 0 bridgehead atoms. The number of benzene rings is 1. The second-order valence-corrected chi connectivity index (χ2v) is 8.16. The SMILES string of the molecule is CC(=O)N(C)Cc1cc(N(C)C)nc([C@H]2CCCCN2C(=O)COc2ccccc2F)n1. The number of amides is 2. The monoisotopic (exact) mass is 443 g/mol. The zero-order chi connectivity index (χ0) is 23.3. The van der Waals surface area contributed by atoms with Crippen molar-refractivity contribution < 1.29 is 18.7 Å². The molecule has 0 unspecified atom stereocenters. The van der Waals surface area contributed by atoms with Crippen LogP contribution in [0, 0.1) is 5.82 Å². The van der Waals surface area contributed by atoms with Gasteiger partial charge in [-0.1, -0.05) is 12.1 Å². The van der Waals surface area contributed by atoms with Crippen LogP contribution in [0.5, 0.6) is 5.75 Å². The number of rotatable bonds is 7. The second kappa shape index (κ2) is 10.4. The van der Waals surface area contributed by atoms with Crippen molar-refractivity contribution in [3.8, 4) is 5.75 Å². The lowest BCUT2D eigenvalue weighted by atomic mass is 10.0. The largest absolute Gasteiger partial charge is 0.481 e. The molecule has 1 aliphatic heterocycles. The summed E-state index contributed by atoms with van der Waals surface area (Å²) in [7, 11) is 5.49. The Morgan fingerprint density at radius 1 is 1.19 bits per heavy atom. The van der Waals surface area contributed by atoms with Gasteiger partial charge in [-0.3, -0.25) is 9.59 Å². The number of para-hydroxylation sites is 1. The predicted octanol–water partition coefficient (Wildman–Crippen LogP) is 2.79. The van der Waals surface area contributed by atoms with Crippen LogP contribution in [-0.2, 0) is 16.1 Å². The van der Waals surface area contributed by atoms with E-state index in [1.807, 2.05) is 25.1 Å². The van der Waals surface area contributed by atoms with Crippen molar-refractivity contribution in [1.82, 2.24) is 19.8 Å². The van der Waals surface area contributed by atoms with Gasteiger partial charge in [0.2, 0.25) is 5.91 Å². The topological polar surface area (TPSA) is 78.9 Å². The molecule has 3 rings (SSSR count). The van der Waals surface area contributed by atoms with Gasteiger partial charge in [-0.05, 0) is 31.4 Å². The lowest BCUT2D eigenvalue weighted by Crippen LogP contribution is -2.42. The third-order valence-corrected chi connectivity index (χ3v) is 5.49. The van der Waals surface area contributed by atoms with Gasteiger partial charge in [0.15, 0.2) is 24.0 Å². The molecule has 1 aromatic carbocycles. The average molecular weight is 444 g/mol. The Bertz CT molecular complexity index is 968. The summed E-state index contributed by atoms with van der Waals surface area (Å²) in [4.78, 5) is 39.2. The molecule has 9 heteroatoms. The van der Waals surface area contributed by atoms with E-state index in [0.717, 1.165) is 19.3 Å². The normalized spacial score (nSPS) is 15.9. The van der Waals surface area contributed by atoms with Crippen molar-refractivity contribution in [3.05, 3.63) is 47.7 Å². The van der Waals surface area contributed by atoms with E-state index in [1.54, 1.807) is 29.0 Å². The number of aromatic nitrogens is 2. The number of hydrogen-bond acceptors (Lipinski definition) is 6. The molecule has 1 atom stereocenters. The van der Waals surface area contributed by atoms with Gasteiger partial charge < -0.3 is 19.4 Å². The molecule has 0 spiro atoms. The summed E-state index contributed by atoms with van der Waals surface area (Å²) < 4.78 is 19.3. The summed E-state index contributed by atoms with van der Waals surface area (Å²) in [5.74, 6) is 0.506. The van der Waals surface area contributed by atoms with Crippen LogP contribution < -0.4 is 9.64 Å². The van der Waals surface area contributed by atoms with Gasteiger partial charge in [-0.15, -0.1) is 0 Å². The second-order valence-electron chi connectivity index (χ2n) is 8.16. The third kappa shape index (κ3) is 5.72. The molecule has 8 nitrogen and oxygen atoms in total. The summed E-state index contributed by atoms with van der Waals surface area (Å²) in [6.07, 6.45) is 2.54. The minimum absolute atomic E-state index is 0.0508. The van der Waals surface area contributed by atoms with Gasteiger partial charge >= 0.3 is 0 Å². The van der Waals surface area contributed by atoms with Gasteiger partial charge in [0, 0.05) is 40.7 Å². The van der Waals surface area contributed by atoms with Gasteiger partial charge in [0.05, 0.1) is 18.3 Å². The van der Waals surface area contributed by atoms with Gasteiger partial charge in [-0.25, -0.2) is 14.4 Å². The van der Waals surface area contributed by atoms with Gasteiger partial charge in [-0.2, -0.15) is 0 Å². The highest BCUT2D eigenvalue weighted by molar-refractivity contribution is 5.78. The van der Waals surface area contributed by atoms with E-state index in [0.29, 0.717) is 30.4 Å². The van der Waals surface area contributed by atoms with E-state index in [1.165, 1.54) is 19.1 Å². The molecule has 32 heavy (non-hydrogen) atoms. The van der Waals surface area contributed by atoms with Gasteiger partial charge in [0.25, 0.3) is 5.91 Å². The maximum atomic E-state index is 13.8. The van der Waals surface area contributed by atoms with E-state index in [4.69, 9.17) is 14.7 Å². The number of ether oxygens (including phenoxy) is 1. The Hall–Kier alpha value is -3.23. The molecular weight excluding hydrogens is 413 g/mol. The van der Waals surface area contributed by atoms with Gasteiger partial charge in [0.1, 0.15) is 5.82 Å². The molecular formula is C23H30FN5O3. The van der Waals surface area contributed by atoms with Crippen molar-refractivity contribution in [1.29, 1.82) is 0 Å². The molecule has 0 N–H and O–H groups in total. The first-order valence-corrected chi connectivity index (χ1v) is 10.7. The van der Waals surface area contributed by atoms with Crippen molar-refractivity contribution in [3.63, 3.8) is 0 Å². The van der Waals surface area contributed by atoms with Crippen LogP contribution in [0.15, 0.2) is 30.3 Å². The van der Waals surface area contributed by atoms with Crippen LogP contribution >= 0.6 is 0 Å². The first-order chi connectivity index (χ1) is 15.3. The van der Waals surface area contributed by atoms with E-state index in [-0.39, 0.29) is 30.2 Å². The fourth-order valence-corrected chi connectivity index (χ4v) is 3.60. The summed E-state index contributed by atoms with van der Waals surface area (Å²) >= 11 is 0. The number of likely N-dealkylation sites (tertiary alicyclic amines) is 1. The smallest absolute Gasteiger partial charge is 0.261 e. The molecule has 2 amide bonds. The zero-order valence-corrected chi connectivity index (χ0v) is 19.0. The molecule has 0 saturated carbocycles. The number of carbonyl (C=O) groups is 2. The minimum atomic E-state index is -0.503. The van der Waals surface area contributed by atoms with E-state index in [9.17, 15) is 14.0 Å². The molecule has 1 saturated heterocycles. The zero-order valence-electron chi connectivity index (χ0n) is 19.0. The van der Waals surface area contributed by atoms with Crippen LogP contribution in [0.2, 0.25) is 0 Å². The molecule has 0 radical (unpaired) electrons. The standard InChI is InChI=1S/C23H30FN5O3/c1-16(30)28(4)14-17-13-21(27(2)3)26-23(25-17)19-10-7-8-12-29(19)22(31)15-32-20-11-6-5-9-18(20)24/h5-6,9,11,13,19H,7-8,10,12,14-15H2,1-4H3/t19-/m1/s1. The Kier molecular flexibility index (Phi) is 7.61. The summed E-state index contributed by atoms with van der Waals surface area (Å²) in [5, 5.41) is 0. The highest BCUT2D eigenvalue weighted by atomic mass is 19.1. The van der Waals surface area contributed by atoms with Crippen LogP contribution in [0.25, 0.3) is 0 Å². The number of piperidine rings is 1. The molecule has 0 aliphatic carbocycles. The highest BCUT2D eigenvalue weighted by Crippen LogP contribution is 2.30. The number of nitrogens with zero attached hydrogens (tertiary/aromatic N) is 5. The number of halogens is 1. The van der Waals surface area contributed by atoms with Crippen LogP contribution in [0.3, 0.4) is 0 Å². The van der Waals surface area contributed by atoms with E-state index >= 15 is 0 Å². The average Bonchev–Trinajstić information content (AvgIpc) is 2.78. The van der Waals surface area contributed by atoms with Crippen LogP contribution in [0.1, 0.15) is 43.7 Å². The molecule has 1 fully saturated rings. The minimum Gasteiger partial charge on any atom is -0.481 e. The molecule has 1 aromatic heterocycles. The summed E-state index contributed by atoms with van der Waals surface area (Å²) in [6.45, 7) is 2.15. The fourth-order valence-electron chi connectivity index (χ4n) is 3.60. The lowest BCUT2D eigenvalue weighted by molar-refractivity contribution is -0.137. The Balaban J connectivity index is 1.83. The van der Waals surface area contributed by atoms with Crippen LogP contribution in [-0.4, -0.2) is 65.9 Å². The predicted molar refractivity (Wildman–Crippen MR) is 119 cm³/mol.